The van der Waals surface area contributed by atoms with Gasteiger partial charge < -0.3 is 5.32 Å². The third-order valence-electron chi connectivity index (χ3n) is 3.52. The van der Waals surface area contributed by atoms with Crippen molar-refractivity contribution in [2.75, 3.05) is 12.8 Å². The van der Waals surface area contributed by atoms with E-state index in [1.54, 1.807) is 0 Å². The molecule has 0 spiro atoms. The van der Waals surface area contributed by atoms with Gasteiger partial charge in [0.1, 0.15) is 0 Å². The number of rotatable bonds is 4. The van der Waals surface area contributed by atoms with E-state index in [2.05, 4.69) is 5.32 Å². The van der Waals surface area contributed by atoms with E-state index in [0.717, 1.165) is 11.1 Å². The summed E-state index contributed by atoms with van der Waals surface area (Å²) in [4.78, 5) is 0. The molecule has 0 saturated carbocycles. The first-order valence-corrected chi connectivity index (χ1v) is 8.14. The molecule has 1 aromatic rings. The maximum absolute atomic E-state index is 12.4. The van der Waals surface area contributed by atoms with Crippen LogP contribution < -0.4 is 5.32 Å². The summed E-state index contributed by atoms with van der Waals surface area (Å²) in [7, 11) is -1.21. The lowest BCUT2D eigenvalue weighted by Gasteiger charge is -2.21. The summed E-state index contributed by atoms with van der Waals surface area (Å²) in [5.74, 6) is 0.445. The quantitative estimate of drug-likeness (QED) is 0.907. The van der Waals surface area contributed by atoms with Crippen LogP contribution in [0.15, 0.2) is 24.3 Å². The lowest BCUT2D eigenvalue weighted by atomic mass is 10.1. The molecule has 1 N–H and O–H groups in total. The van der Waals surface area contributed by atoms with Crippen LogP contribution in [0.3, 0.4) is 0 Å². The maximum atomic E-state index is 12.4. The lowest BCUT2D eigenvalue weighted by Crippen LogP contribution is -2.35. The smallest absolute Gasteiger partial charge is 0.155 e. The molecule has 1 aliphatic carbocycles. The van der Waals surface area contributed by atoms with Gasteiger partial charge in [0.15, 0.2) is 9.84 Å². The van der Waals surface area contributed by atoms with E-state index in [1.165, 1.54) is 0 Å². The fraction of sp³-hybridized carbons (Fsp3) is 0.571. The first-order chi connectivity index (χ1) is 8.45. The highest BCUT2D eigenvalue weighted by Gasteiger charge is 2.39. The SMILES string of the molecule is CNC1c2ccccc2CC1S(=O)(=O)CC(C)C. The monoisotopic (exact) mass is 267 g/mol. The van der Waals surface area contributed by atoms with Gasteiger partial charge in [-0.1, -0.05) is 38.1 Å². The minimum Gasteiger partial charge on any atom is -0.312 e. The Labute approximate surface area is 110 Å². The van der Waals surface area contributed by atoms with Crippen LogP contribution in [0, 0.1) is 5.92 Å². The Morgan fingerprint density at radius 1 is 1.33 bits per heavy atom. The van der Waals surface area contributed by atoms with E-state index in [9.17, 15) is 8.42 Å². The molecular weight excluding hydrogens is 246 g/mol. The van der Waals surface area contributed by atoms with Crippen molar-refractivity contribution in [2.24, 2.45) is 5.92 Å². The molecule has 1 aromatic carbocycles. The Bertz CT molecular complexity index is 522. The fourth-order valence-electron chi connectivity index (χ4n) is 2.82. The van der Waals surface area contributed by atoms with Crippen LogP contribution in [0.5, 0.6) is 0 Å². The first kappa shape index (κ1) is 13.6. The van der Waals surface area contributed by atoms with Crippen molar-refractivity contribution in [3.8, 4) is 0 Å². The first-order valence-electron chi connectivity index (χ1n) is 6.42. The molecule has 2 unspecified atom stereocenters. The summed E-state index contributed by atoms with van der Waals surface area (Å²) in [6.07, 6.45) is 0.636. The van der Waals surface area contributed by atoms with Crippen molar-refractivity contribution in [1.82, 2.24) is 5.32 Å². The van der Waals surface area contributed by atoms with Crippen molar-refractivity contribution in [1.29, 1.82) is 0 Å². The standard InChI is InChI=1S/C14H21NO2S/c1-10(2)9-18(16,17)13-8-11-6-4-5-7-12(11)14(13)15-3/h4-7,10,13-15H,8-9H2,1-3H3. The number of fused-ring (bicyclic) bond motifs is 1. The summed E-state index contributed by atoms with van der Waals surface area (Å²) >= 11 is 0. The Morgan fingerprint density at radius 3 is 2.61 bits per heavy atom. The second kappa shape index (κ2) is 5.02. The molecule has 0 fully saturated rings. The number of hydrogen-bond donors (Lipinski definition) is 1. The topological polar surface area (TPSA) is 46.2 Å². The maximum Gasteiger partial charge on any atom is 0.155 e. The van der Waals surface area contributed by atoms with E-state index in [0.29, 0.717) is 6.42 Å². The molecule has 18 heavy (non-hydrogen) atoms. The number of sulfone groups is 1. The lowest BCUT2D eigenvalue weighted by molar-refractivity contribution is 0.528. The highest BCUT2D eigenvalue weighted by Crippen LogP contribution is 2.35. The highest BCUT2D eigenvalue weighted by atomic mass is 32.2. The van der Waals surface area contributed by atoms with Gasteiger partial charge in [-0.25, -0.2) is 8.42 Å². The minimum absolute atomic E-state index is 0.0649. The molecule has 0 aliphatic heterocycles. The predicted molar refractivity (Wildman–Crippen MR) is 74.4 cm³/mol. The molecule has 100 valence electrons. The minimum atomic E-state index is -3.05. The van der Waals surface area contributed by atoms with Gasteiger partial charge in [0.2, 0.25) is 0 Å². The van der Waals surface area contributed by atoms with E-state index in [1.807, 2.05) is 45.2 Å². The molecule has 0 amide bonds. The molecule has 4 heteroatoms. The molecule has 3 nitrogen and oxygen atoms in total. The van der Waals surface area contributed by atoms with Gasteiger partial charge in [-0.2, -0.15) is 0 Å². The largest absolute Gasteiger partial charge is 0.312 e. The van der Waals surface area contributed by atoms with Crippen LogP contribution in [0.1, 0.15) is 31.0 Å². The highest BCUT2D eigenvalue weighted by molar-refractivity contribution is 7.92. The molecule has 0 heterocycles. The van der Waals surface area contributed by atoms with Gasteiger partial charge in [-0.15, -0.1) is 0 Å². The van der Waals surface area contributed by atoms with E-state index < -0.39 is 9.84 Å². The third kappa shape index (κ3) is 2.45. The molecule has 2 atom stereocenters. The Balaban J connectivity index is 2.33. The summed E-state index contributed by atoms with van der Waals surface area (Å²) in [5.41, 5.74) is 2.30. The average molecular weight is 267 g/mol. The van der Waals surface area contributed by atoms with Gasteiger partial charge in [0.25, 0.3) is 0 Å². The van der Waals surface area contributed by atoms with Crippen LogP contribution in [0.4, 0.5) is 0 Å². The van der Waals surface area contributed by atoms with Gasteiger partial charge >= 0.3 is 0 Å². The second-order valence-corrected chi connectivity index (χ2v) is 7.70. The Hall–Kier alpha value is -0.870. The van der Waals surface area contributed by atoms with Crippen LogP contribution in [-0.2, 0) is 16.3 Å². The van der Waals surface area contributed by atoms with E-state index in [4.69, 9.17) is 0 Å². The summed E-state index contributed by atoms with van der Waals surface area (Å²) in [6.45, 7) is 3.90. The van der Waals surface area contributed by atoms with Gasteiger partial charge in [0.05, 0.1) is 11.0 Å². The van der Waals surface area contributed by atoms with Gasteiger partial charge in [0, 0.05) is 6.04 Å². The Kier molecular flexibility index (Phi) is 3.78. The zero-order chi connectivity index (χ0) is 13.3. The fourth-order valence-corrected chi connectivity index (χ4v) is 5.13. The average Bonchev–Trinajstić information content (AvgIpc) is 2.66. The van der Waals surface area contributed by atoms with E-state index in [-0.39, 0.29) is 23.0 Å². The van der Waals surface area contributed by atoms with Crippen molar-refractivity contribution < 1.29 is 8.42 Å². The molecule has 2 rings (SSSR count). The molecule has 0 saturated heterocycles. The molecule has 0 radical (unpaired) electrons. The molecular formula is C14H21NO2S. The van der Waals surface area contributed by atoms with Gasteiger partial charge in [-0.05, 0) is 30.5 Å². The molecule has 1 aliphatic rings. The van der Waals surface area contributed by atoms with E-state index >= 15 is 0 Å². The second-order valence-electron chi connectivity index (χ2n) is 5.43. The number of benzene rings is 1. The normalized spacial score (nSPS) is 23.3. The zero-order valence-corrected chi connectivity index (χ0v) is 12.0. The predicted octanol–water partition coefficient (Wildman–Crippen LogP) is 1.94. The van der Waals surface area contributed by atoms with Gasteiger partial charge in [-0.3, -0.25) is 0 Å². The van der Waals surface area contributed by atoms with Crippen LogP contribution in [0.25, 0.3) is 0 Å². The van der Waals surface area contributed by atoms with Crippen molar-refractivity contribution in [3.05, 3.63) is 35.4 Å². The van der Waals surface area contributed by atoms with Crippen LogP contribution in [-0.4, -0.2) is 26.5 Å². The van der Waals surface area contributed by atoms with Crippen molar-refractivity contribution in [2.45, 2.75) is 31.6 Å². The summed E-state index contributed by atoms with van der Waals surface area (Å²) in [5, 5.41) is 2.85. The zero-order valence-electron chi connectivity index (χ0n) is 11.2. The van der Waals surface area contributed by atoms with Crippen molar-refractivity contribution in [3.63, 3.8) is 0 Å². The number of nitrogens with one attached hydrogen (secondary N) is 1. The third-order valence-corrected chi connectivity index (χ3v) is 6.01. The summed E-state index contributed by atoms with van der Waals surface area (Å²) < 4.78 is 24.9. The van der Waals surface area contributed by atoms with Crippen molar-refractivity contribution >= 4 is 9.84 Å². The molecule has 0 aromatic heterocycles. The van der Waals surface area contributed by atoms with Crippen LogP contribution >= 0.6 is 0 Å². The Morgan fingerprint density at radius 2 is 2.00 bits per heavy atom. The molecule has 0 bridgehead atoms. The van der Waals surface area contributed by atoms with Crippen LogP contribution in [0.2, 0.25) is 0 Å². The number of hydrogen-bond acceptors (Lipinski definition) is 3. The summed E-state index contributed by atoms with van der Waals surface area (Å²) in [6, 6.07) is 7.94.